The number of hydrogen-bond acceptors (Lipinski definition) is 8. The molecule has 1 amide bonds. The van der Waals surface area contributed by atoms with E-state index in [0.717, 1.165) is 31.7 Å². The third-order valence-electron chi connectivity index (χ3n) is 5.79. The summed E-state index contributed by atoms with van der Waals surface area (Å²) in [6.07, 6.45) is 11.7. The van der Waals surface area contributed by atoms with Gasteiger partial charge in [0.1, 0.15) is 23.2 Å². The Hall–Kier alpha value is -3.14. The van der Waals surface area contributed by atoms with Crippen LogP contribution in [0.1, 0.15) is 61.4 Å². The number of phosphoric acid groups is 1. The minimum atomic E-state index is -5.07. The molecule has 3 rings (SSSR count). The summed E-state index contributed by atoms with van der Waals surface area (Å²) in [6, 6.07) is 2.20. The lowest BCUT2D eigenvalue weighted by Gasteiger charge is -2.26. The summed E-state index contributed by atoms with van der Waals surface area (Å²) in [5.74, 6) is -1.95. The maximum Gasteiger partial charge on any atom is 0.524 e. The number of likely N-dealkylation sites (tertiary alicyclic amines) is 1. The number of ether oxygens (including phenoxy) is 1. The van der Waals surface area contributed by atoms with Crippen molar-refractivity contribution in [1.29, 1.82) is 0 Å². The molecule has 202 valence electrons. The summed E-state index contributed by atoms with van der Waals surface area (Å²) in [4.78, 5) is 51.3. The fraction of sp³-hybridized carbons (Fsp3) is 0.480. The molecule has 2 heterocycles. The van der Waals surface area contributed by atoms with Gasteiger partial charge in [0, 0.05) is 32.0 Å². The smallest absolute Gasteiger partial charge is 0.508 e. The number of hydrogen-bond donors (Lipinski definition) is 3. The summed E-state index contributed by atoms with van der Waals surface area (Å²) in [7, 11) is -5.07. The van der Waals surface area contributed by atoms with Gasteiger partial charge < -0.3 is 24.1 Å². The van der Waals surface area contributed by atoms with Gasteiger partial charge in [-0.1, -0.05) is 23.4 Å². The molecule has 2 aliphatic heterocycles. The first kappa shape index (κ1) is 28.4. The lowest BCUT2D eigenvalue weighted by Crippen LogP contribution is -2.37. The van der Waals surface area contributed by atoms with Crippen LogP contribution in [0.2, 0.25) is 0 Å². The Morgan fingerprint density at radius 2 is 1.89 bits per heavy atom. The van der Waals surface area contributed by atoms with Crippen LogP contribution in [0, 0.1) is 0 Å². The standard InChI is InChI=1S/C25H33N2O9P/c1-18-10-6-3-2-4-7-11-20(26-34-17-23(29)27-12-8-5-9-13-27)14-19-15-21(28)16-22(36-37(31,32)33)24(19)25(30)35-18/h3,6-7,11,15-16,18,28H,2,4-5,8-10,12-14,17H2,1H3,(H2,31,32,33)/t18-/m1/s1. The van der Waals surface area contributed by atoms with E-state index in [4.69, 9.17) is 14.1 Å². The number of esters is 1. The van der Waals surface area contributed by atoms with E-state index in [1.54, 1.807) is 17.9 Å². The average Bonchev–Trinajstić information content (AvgIpc) is 2.81. The number of phosphoric ester groups is 1. The van der Waals surface area contributed by atoms with Gasteiger partial charge >= 0.3 is 13.8 Å². The molecule has 1 atom stereocenters. The number of aromatic hydroxyl groups is 1. The number of rotatable bonds is 5. The third kappa shape index (κ3) is 9.35. The monoisotopic (exact) mass is 536 g/mol. The molecule has 0 unspecified atom stereocenters. The average molecular weight is 537 g/mol. The highest BCUT2D eigenvalue weighted by Crippen LogP contribution is 2.42. The van der Waals surface area contributed by atoms with Gasteiger partial charge in [0.25, 0.3) is 5.91 Å². The molecule has 1 aromatic carbocycles. The molecular weight excluding hydrogens is 503 g/mol. The van der Waals surface area contributed by atoms with Crippen molar-refractivity contribution in [1.82, 2.24) is 4.90 Å². The number of amides is 1. The Labute approximate surface area is 215 Å². The van der Waals surface area contributed by atoms with Crippen LogP contribution >= 0.6 is 7.82 Å². The molecule has 0 aliphatic carbocycles. The molecule has 3 N–H and O–H groups in total. The molecule has 0 aromatic heterocycles. The first-order valence-electron chi connectivity index (χ1n) is 12.2. The summed E-state index contributed by atoms with van der Waals surface area (Å²) in [5, 5.41) is 14.3. The van der Waals surface area contributed by atoms with Gasteiger partial charge in [-0.3, -0.25) is 14.6 Å². The van der Waals surface area contributed by atoms with Crippen LogP contribution in [0.3, 0.4) is 0 Å². The lowest BCUT2D eigenvalue weighted by molar-refractivity contribution is -0.137. The number of piperidine rings is 1. The first-order chi connectivity index (χ1) is 17.6. The Morgan fingerprint density at radius 3 is 2.62 bits per heavy atom. The molecule has 0 radical (unpaired) electrons. The predicted molar refractivity (Wildman–Crippen MR) is 135 cm³/mol. The number of carbonyl (C=O) groups is 2. The van der Waals surface area contributed by atoms with E-state index in [2.05, 4.69) is 5.16 Å². The van der Waals surface area contributed by atoms with Crippen molar-refractivity contribution in [3.8, 4) is 11.5 Å². The van der Waals surface area contributed by atoms with E-state index in [1.165, 1.54) is 6.07 Å². The van der Waals surface area contributed by atoms with E-state index in [9.17, 15) is 29.0 Å². The molecule has 2 aliphatic rings. The molecule has 1 aromatic rings. The number of phenolic OH excluding ortho intramolecular Hbond substituents is 1. The highest BCUT2D eigenvalue weighted by atomic mass is 31.2. The number of fused-ring (bicyclic) bond motifs is 1. The van der Waals surface area contributed by atoms with Gasteiger partial charge in [-0.2, -0.15) is 0 Å². The number of allylic oxidation sites excluding steroid dienone is 3. The molecule has 37 heavy (non-hydrogen) atoms. The second-order valence-corrected chi connectivity index (χ2v) is 10.1. The summed E-state index contributed by atoms with van der Waals surface area (Å²) in [6.45, 7) is 2.81. The molecular formula is C25H33N2O9P. The van der Waals surface area contributed by atoms with Crippen molar-refractivity contribution < 1.29 is 43.1 Å². The number of nitrogens with zero attached hydrogens (tertiary/aromatic N) is 2. The minimum absolute atomic E-state index is 0.0744. The highest BCUT2D eigenvalue weighted by Gasteiger charge is 2.27. The molecule has 0 spiro atoms. The fourth-order valence-corrected chi connectivity index (χ4v) is 4.46. The van der Waals surface area contributed by atoms with Crippen molar-refractivity contribution >= 4 is 25.4 Å². The predicted octanol–water partition coefficient (Wildman–Crippen LogP) is 3.63. The SMILES string of the molecule is C[C@@H]1CC=CCCC=CC(=NOCC(=O)N2CCCCC2)Cc2cc(O)cc(OP(=O)(O)O)c2C(=O)O1. The Kier molecular flexibility index (Phi) is 10.3. The lowest BCUT2D eigenvalue weighted by atomic mass is 9.99. The van der Waals surface area contributed by atoms with Crippen molar-refractivity contribution in [2.75, 3.05) is 19.7 Å². The van der Waals surface area contributed by atoms with Crippen molar-refractivity contribution in [3.63, 3.8) is 0 Å². The Bertz CT molecular complexity index is 1100. The van der Waals surface area contributed by atoms with E-state index in [0.29, 0.717) is 31.6 Å². The Balaban J connectivity index is 1.94. The summed E-state index contributed by atoms with van der Waals surface area (Å²) >= 11 is 0. The number of carbonyl (C=O) groups excluding carboxylic acids is 2. The number of phenols is 1. The summed E-state index contributed by atoms with van der Waals surface area (Å²) in [5.41, 5.74) is 0.226. The first-order valence-corrected chi connectivity index (χ1v) is 13.8. The quantitative estimate of drug-likeness (QED) is 0.221. The zero-order valence-electron chi connectivity index (χ0n) is 20.7. The van der Waals surface area contributed by atoms with Crippen molar-refractivity contribution in [2.45, 2.75) is 58.0 Å². The van der Waals surface area contributed by atoms with E-state index >= 15 is 0 Å². The van der Waals surface area contributed by atoms with Crippen LogP contribution in [0.25, 0.3) is 0 Å². The molecule has 1 fully saturated rings. The van der Waals surface area contributed by atoms with Crippen LogP contribution in [0.4, 0.5) is 0 Å². The maximum atomic E-state index is 13.1. The van der Waals surface area contributed by atoms with Gasteiger partial charge in [-0.25, -0.2) is 9.36 Å². The van der Waals surface area contributed by atoms with Crippen molar-refractivity contribution in [3.05, 3.63) is 47.6 Å². The van der Waals surface area contributed by atoms with Crippen LogP contribution in [-0.4, -0.2) is 63.2 Å². The zero-order chi connectivity index (χ0) is 26.8. The molecule has 1 saturated heterocycles. The topological polar surface area (TPSA) is 155 Å². The molecule has 0 saturated carbocycles. The third-order valence-corrected chi connectivity index (χ3v) is 6.23. The second kappa shape index (κ2) is 13.4. The van der Waals surface area contributed by atoms with E-state index < -0.39 is 25.6 Å². The maximum absolute atomic E-state index is 13.1. The second-order valence-electron chi connectivity index (χ2n) is 8.94. The van der Waals surface area contributed by atoms with Crippen LogP contribution in [0.15, 0.2) is 41.6 Å². The number of cyclic esters (lactones) is 1. The largest absolute Gasteiger partial charge is 0.524 e. The number of benzene rings is 1. The highest BCUT2D eigenvalue weighted by molar-refractivity contribution is 7.46. The normalized spacial score (nSPS) is 20.6. The van der Waals surface area contributed by atoms with Gasteiger partial charge in [0.05, 0.1) is 5.71 Å². The number of oxime groups is 1. The van der Waals surface area contributed by atoms with E-state index in [-0.39, 0.29) is 35.8 Å². The van der Waals surface area contributed by atoms with Gasteiger partial charge in [0.2, 0.25) is 0 Å². The minimum Gasteiger partial charge on any atom is -0.508 e. The molecule has 0 bridgehead atoms. The summed E-state index contributed by atoms with van der Waals surface area (Å²) < 4.78 is 21.8. The van der Waals surface area contributed by atoms with Crippen LogP contribution in [0.5, 0.6) is 11.5 Å². The van der Waals surface area contributed by atoms with E-state index in [1.807, 2.05) is 18.2 Å². The van der Waals surface area contributed by atoms with Gasteiger partial charge in [-0.05, 0) is 56.7 Å². The molecule has 11 nitrogen and oxygen atoms in total. The zero-order valence-corrected chi connectivity index (χ0v) is 21.6. The fourth-order valence-electron chi connectivity index (χ4n) is 4.06. The van der Waals surface area contributed by atoms with Gasteiger partial charge in [0.15, 0.2) is 6.61 Å². The Morgan fingerprint density at radius 1 is 1.16 bits per heavy atom. The van der Waals surface area contributed by atoms with Gasteiger partial charge in [-0.15, -0.1) is 0 Å². The molecule has 12 heteroatoms. The van der Waals surface area contributed by atoms with Crippen LogP contribution in [-0.2, 0) is 25.4 Å². The van der Waals surface area contributed by atoms with Crippen LogP contribution < -0.4 is 4.52 Å². The van der Waals surface area contributed by atoms with Crippen molar-refractivity contribution in [2.24, 2.45) is 5.16 Å².